The van der Waals surface area contributed by atoms with Crippen LogP contribution >= 0.6 is 0 Å². The average Bonchev–Trinajstić information content (AvgIpc) is 2.81. The topological polar surface area (TPSA) is 98.3 Å². The first-order valence-electron chi connectivity index (χ1n) is 6.52. The zero-order valence-corrected chi connectivity index (χ0v) is 12.3. The largest absolute Gasteiger partial charge is 0.340 e. The molecule has 110 valence electrons. The van der Waals surface area contributed by atoms with Crippen LogP contribution in [0.4, 0.5) is 0 Å². The van der Waals surface area contributed by atoms with E-state index in [4.69, 9.17) is 5.14 Å². The SMILES string of the molecule is CC1(C)C2CN(C(=O)Cn3cc(S(N)(=O)=O)cn3)CC21. The van der Waals surface area contributed by atoms with E-state index in [2.05, 4.69) is 18.9 Å². The molecule has 0 radical (unpaired) electrons. The van der Waals surface area contributed by atoms with Gasteiger partial charge >= 0.3 is 0 Å². The standard InChI is InChI=1S/C12H18N4O3S/c1-12(2)9-5-15(6-10(9)12)11(17)7-16-4-8(3-14-16)20(13,18)19/h3-4,9-10H,5-7H2,1-2H3,(H2,13,18,19). The lowest BCUT2D eigenvalue weighted by atomic mass is 10.1. The Balaban J connectivity index is 1.62. The molecule has 1 amide bonds. The van der Waals surface area contributed by atoms with E-state index in [1.807, 2.05) is 4.90 Å². The van der Waals surface area contributed by atoms with Crippen LogP contribution in [0.1, 0.15) is 13.8 Å². The number of aromatic nitrogens is 2. The van der Waals surface area contributed by atoms with Crippen LogP contribution in [0.2, 0.25) is 0 Å². The molecule has 1 aromatic rings. The Morgan fingerprint density at radius 1 is 1.45 bits per heavy atom. The third-order valence-electron chi connectivity index (χ3n) is 4.71. The smallest absolute Gasteiger partial charge is 0.244 e. The first-order valence-corrected chi connectivity index (χ1v) is 8.07. The Labute approximate surface area is 117 Å². The van der Waals surface area contributed by atoms with Gasteiger partial charge in [0.1, 0.15) is 11.4 Å². The van der Waals surface area contributed by atoms with E-state index in [1.165, 1.54) is 10.9 Å². The maximum absolute atomic E-state index is 12.1. The summed E-state index contributed by atoms with van der Waals surface area (Å²) >= 11 is 0. The fourth-order valence-corrected chi connectivity index (χ4v) is 3.61. The highest BCUT2D eigenvalue weighted by molar-refractivity contribution is 7.89. The third-order valence-corrected chi connectivity index (χ3v) is 5.58. The number of nitrogens with zero attached hydrogens (tertiary/aromatic N) is 3. The number of sulfonamides is 1. The normalized spacial score (nSPS) is 27.4. The molecular weight excluding hydrogens is 280 g/mol. The molecule has 2 aliphatic rings. The van der Waals surface area contributed by atoms with Gasteiger partial charge in [0.05, 0.1) is 6.20 Å². The average molecular weight is 298 g/mol. The predicted octanol–water partition coefficient (Wildman–Crippen LogP) is -0.355. The van der Waals surface area contributed by atoms with Gasteiger partial charge in [0.15, 0.2) is 0 Å². The summed E-state index contributed by atoms with van der Waals surface area (Å²) < 4.78 is 23.6. The molecule has 7 nitrogen and oxygen atoms in total. The summed E-state index contributed by atoms with van der Waals surface area (Å²) in [4.78, 5) is 13.9. The minimum atomic E-state index is -3.76. The highest BCUT2D eigenvalue weighted by Gasteiger charge is 2.62. The first-order chi connectivity index (χ1) is 9.19. The molecule has 2 heterocycles. The van der Waals surface area contributed by atoms with Gasteiger partial charge < -0.3 is 4.90 Å². The number of rotatable bonds is 3. The highest BCUT2D eigenvalue weighted by Crippen LogP contribution is 2.61. The molecule has 1 saturated carbocycles. The van der Waals surface area contributed by atoms with Gasteiger partial charge in [-0.2, -0.15) is 5.10 Å². The van der Waals surface area contributed by atoms with Crippen LogP contribution in [0.3, 0.4) is 0 Å². The van der Waals surface area contributed by atoms with Crippen LogP contribution < -0.4 is 5.14 Å². The second kappa shape index (κ2) is 4.05. The van der Waals surface area contributed by atoms with Crippen molar-refractivity contribution in [1.82, 2.24) is 14.7 Å². The van der Waals surface area contributed by atoms with Gasteiger partial charge in [0.25, 0.3) is 0 Å². The molecule has 20 heavy (non-hydrogen) atoms. The molecule has 2 N–H and O–H groups in total. The van der Waals surface area contributed by atoms with E-state index in [0.29, 0.717) is 17.3 Å². The van der Waals surface area contributed by atoms with E-state index < -0.39 is 10.0 Å². The molecule has 8 heteroatoms. The number of carbonyl (C=O) groups is 1. The molecule has 2 unspecified atom stereocenters. The number of amides is 1. The molecule has 1 aliphatic heterocycles. The molecule has 3 rings (SSSR count). The van der Waals surface area contributed by atoms with Crippen molar-refractivity contribution >= 4 is 15.9 Å². The van der Waals surface area contributed by atoms with E-state index in [-0.39, 0.29) is 17.3 Å². The summed E-state index contributed by atoms with van der Waals surface area (Å²) in [6, 6.07) is 0. The van der Waals surface area contributed by atoms with Gasteiger partial charge in [0.2, 0.25) is 15.9 Å². The summed E-state index contributed by atoms with van der Waals surface area (Å²) in [6.07, 6.45) is 2.45. The molecule has 2 fully saturated rings. The van der Waals surface area contributed by atoms with E-state index >= 15 is 0 Å². The lowest BCUT2D eigenvalue weighted by molar-refractivity contribution is -0.131. The van der Waals surface area contributed by atoms with Crippen LogP contribution in [0, 0.1) is 17.3 Å². The number of piperidine rings is 1. The molecule has 2 atom stereocenters. The van der Waals surface area contributed by atoms with Crippen molar-refractivity contribution in [3.63, 3.8) is 0 Å². The zero-order valence-electron chi connectivity index (χ0n) is 11.5. The predicted molar refractivity (Wildman–Crippen MR) is 70.9 cm³/mol. The van der Waals surface area contributed by atoms with Gasteiger partial charge in [-0.05, 0) is 17.3 Å². The van der Waals surface area contributed by atoms with Gasteiger partial charge in [-0.3, -0.25) is 9.48 Å². The van der Waals surface area contributed by atoms with Crippen molar-refractivity contribution in [3.05, 3.63) is 12.4 Å². The van der Waals surface area contributed by atoms with Crippen molar-refractivity contribution < 1.29 is 13.2 Å². The quantitative estimate of drug-likeness (QED) is 0.824. The van der Waals surface area contributed by atoms with E-state index in [9.17, 15) is 13.2 Å². The molecule has 1 aromatic heterocycles. The van der Waals surface area contributed by atoms with Gasteiger partial charge in [-0.15, -0.1) is 0 Å². The summed E-state index contributed by atoms with van der Waals surface area (Å²) in [7, 11) is -3.76. The Morgan fingerprint density at radius 2 is 2.05 bits per heavy atom. The number of nitrogens with two attached hydrogens (primary N) is 1. The van der Waals surface area contributed by atoms with Crippen molar-refractivity contribution in [2.75, 3.05) is 13.1 Å². The van der Waals surface area contributed by atoms with Crippen LogP contribution in [-0.2, 0) is 21.4 Å². The van der Waals surface area contributed by atoms with Crippen molar-refractivity contribution in [2.45, 2.75) is 25.3 Å². The van der Waals surface area contributed by atoms with Crippen molar-refractivity contribution in [2.24, 2.45) is 22.4 Å². The van der Waals surface area contributed by atoms with Crippen LogP contribution in [0.5, 0.6) is 0 Å². The molecular formula is C12H18N4O3S. The fourth-order valence-electron chi connectivity index (χ4n) is 3.15. The summed E-state index contributed by atoms with van der Waals surface area (Å²) in [5.74, 6) is 1.17. The van der Waals surface area contributed by atoms with Crippen LogP contribution in [-0.4, -0.2) is 42.1 Å². The van der Waals surface area contributed by atoms with Gasteiger partial charge in [0, 0.05) is 19.3 Å². The lowest BCUT2D eigenvalue weighted by Crippen LogP contribution is -2.35. The molecule has 0 aromatic carbocycles. The van der Waals surface area contributed by atoms with Crippen LogP contribution in [0.25, 0.3) is 0 Å². The molecule has 0 spiro atoms. The Hall–Kier alpha value is -1.41. The number of likely N-dealkylation sites (tertiary alicyclic amines) is 1. The lowest BCUT2D eigenvalue weighted by Gasteiger charge is -2.22. The second-order valence-electron chi connectivity index (χ2n) is 6.25. The van der Waals surface area contributed by atoms with E-state index in [1.54, 1.807) is 0 Å². The summed E-state index contributed by atoms with van der Waals surface area (Å²) in [6.45, 7) is 6.10. The fraction of sp³-hybridized carbons (Fsp3) is 0.667. The molecule has 0 bridgehead atoms. The number of fused-ring (bicyclic) bond motifs is 1. The minimum absolute atomic E-state index is 0.0305. The molecule has 1 saturated heterocycles. The van der Waals surface area contributed by atoms with Gasteiger partial charge in [-0.1, -0.05) is 13.8 Å². The number of carbonyl (C=O) groups excluding carboxylic acids is 1. The highest BCUT2D eigenvalue weighted by atomic mass is 32.2. The minimum Gasteiger partial charge on any atom is -0.340 e. The van der Waals surface area contributed by atoms with Crippen LogP contribution in [0.15, 0.2) is 17.3 Å². The second-order valence-corrected chi connectivity index (χ2v) is 7.81. The number of primary sulfonamides is 1. The monoisotopic (exact) mass is 298 g/mol. The van der Waals surface area contributed by atoms with E-state index in [0.717, 1.165) is 19.3 Å². The Kier molecular flexibility index (Phi) is 2.74. The maximum Gasteiger partial charge on any atom is 0.244 e. The molecule has 1 aliphatic carbocycles. The summed E-state index contributed by atoms with van der Waals surface area (Å²) in [5, 5.41) is 8.86. The zero-order chi connectivity index (χ0) is 14.7. The number of hydrogen-bond donors (Lipinski definition) is 1. The van der Waals surface area contributed by atoms with Gasteiger partial charge in [-0.25, -0.2) is 13.6 Å². The Morgan fingerprint density at radius 3 is 2.55 bits per heavy atom. The van der Waals surface area contributed by atoms with Crippen molar-refractivity contribution in [1.29, 1.82) is 0 Å². The summed E-state index contributed by atoms with van der Waals surface area (Å²) in [5.41, 5.74) is 0.364. The first kappa shape index (κ1) is 13.6. The Bertz CT molecular complexity index is 650. The maximum atomic E-state index is 12.1. The number of hydrogen-bond acceptors (Lipinski definition) is 4. The third kappa shape index (κ3) is 2.12. The van der Waals surface area contributed by atoms with Crippen molar-refractivity contribution in [3.8, 4) is 0 Å².